The van der Waals surface area contributed by atoms with Crippen LogP contribution in [-0.4, -0.2) is 4.98 Å². The van der Waals surface area contributed by atoms with Gasteiger partial charge in [0, 0.05) is 5.56 Å². The largest absolute Gasteiger partial charge is 0.427 e. The zero-order chi connectivity index (χ0) is 12.6. The minimum atomic E-state index is -4.43. The molecule has 0 N–H and O–H groups in total. The van der Waals surface area contributed by atoms with Gasteiger partial charge in [-0.3, -0.25) is 0 Å². The third-order valence-corrected chi connectivity index (χ3v) is 3.39. The Bertz CT molecular complexity index is 531. The number of hydrogen-bond donors (Lipinski definition) is 0. The van der Waals surface area contributed by atoms with Crippen molar-refractivity contribution in [2.45, 2.75) is 13.1 Å². The molecule has 0 aliphatic rings. The van der Waals surface area contributed by atoms with Crippen LogP contribution in [0.3, 0.4) is 0 Å². The predicted octanol–water partition coefficient (Wildman–Crippen LogP) is 4.79. The van der Waals surface area contributed by atoms with Crippen molar-refractivity contribution in [1.29, 1.82) is 0 Å². The summed E-state index contributed by atoms with van der Waals surface area (Å²) in [6.07, 6.45) is -4.43. The number of aryl methyl sites for hydroxylation is 1. The van der Waals surface area contributed by atoms with Crippen molar-refractivity contribution in [3.05, 3.63) is 39.2 Å². The van der Waals surface area contributed by atoms with Gasteiger partial charge in [-0.2, -0.15) is 13.2 Å². The van der Waals surface area contributed by atoms with Crippen molar-refractivity contribution in [1.82, 2.24) is 4.98 Å². The van der Waals surface area contributed by atoms with Gasteiger partial charge in [0.1, 0.15) is 4.88 Å². The first-order valence-corrected chi connectivity index (χ1v) is 5.88. The Morgan fingerprint density at radius 1 is 1.18 bits per heavy atom. The molecule has 17 heavy (non-hydrogen) atoms. The summed E-state index contributed by atoms with van der Waals surface area (Å²) in [5.41, 5.74) is 1.29. The van der Waals surface area contributed by atoms with E-state index in [0.29, 0.717) is 16.9 Å². The summed E-state index contributed by atoms with van der Waals surface area (Å²) >= 11 is 6.01. The summed E-state index contributed by atoms with van der Waals surface area (Å²) in [7, 11) is 0. The van der Waals surface area contributed by atoms with Crippen LogP contribution in [-0.2, 0) is 6.18 Å². The lowest BCUT2D eigenvalue weighted by atomic mass is 10.1. The second-order valence-corrected chi connectivity index (χ2v) is 5.09. The lowest BCUT2D eigenvalue weighted by Crippen LogP contribution is -2.03. The van der Waals surface area contributed by atoms with Crippen LogP contribution in [0.25, 0.3) is 11.3 Å². The zero-order valence-corrected chi connectivity index (χ0v) is 10.2. The van der Waals surface area contributed by atoms with E-state index in [-0.39, 0.29) is 10.2 Å². The molecule has 2 aromatic rings. The van der Waals surface area contributed by atoms with Crippen molar-refractivity contribution in [3.63, 3.8) is 0 Å². The third kappa shape index (κ3) is 2.61. The molecule has 0 aliphatic carbocycles. The Morgan fingerprint density at radius 3 is 2.29 bits per heavy atom. The molecule has 0 bridgehead atoms. The maximum atomic E-state index is 12.7. The van der Waals surface area contributed by atoms with Gasteiger partial charge < -0.3 is 0 Å². The van der Waals surface area contributed by atoms with Gasteiger partial charge in [-0.05, 0) is 6.92 Å². The predicted molar refractivity (Wildman–Crippen MR) is 62.3 cm³/mol. The van der Waals surface area contributed by atoms with Gasteiger partial charge in [-0.25, -0.2) is 4.98 Å². The lowest BCUT2D eigenvalue weighted by molar-refractivity contribution is -0.134. The van der Waals surface area contributed by atoms with Gasteiger partial charge >= 0.3 is 6.18 Å². The number of hydrogen-bond acceptors (Lipinski definition) is 2. The van der Waals surface area contributed by atoms with Gasteiger partial charge in [0.2, 0.25) is 0 Å². The lowest BCUT2D eigenvalue weighted by Gasteiger charge is -2.06. The number of halogens is 4. The van der Waals surface area contributed by atoms with E-state index in [1.54, 1.807) is 24.3 Å². The number of alkyl halides is 3. The van der Waals surface area contributed by atoms with Crippen LogP contribution in [0.2, 0.25) is 4.47 Å². The molecule has 1 heterocycles. The topological polar surface area (TPSA) is 12.9 Å². The van der Waals surface area contributed by atoms with Crippen LogP contribution >= 0.6 is 22.9 Å². The molecule has 2 rings (SSSR count). The first kappa shape index (κ1) is 12.4. The highest BCUT2D eigenvalue weighted by atomic mass is 35.5. The van der Waals surface area contributed by atoms with Crippen molar-refractivity contribution in [3.8, 4) is 11.3 Å². The molecule has 0 unspecified atom stereocenters. The van der Waals surface area contributed by atoms with Crippen LogP contribution in [0, 0.1) is 6.92 Å². The van der Waals surface area contributed by atoms with Gasteiger partial charge in [0.15, 0.2) is 4.47 Å². The number of benzene rings is 1. The van der Waals surface area contributed by atoms with Crippen LogP contribution in [0.5, 0.6) is 0 Å². The molecule has 6 heteroatoms. The van der Waals surface area contributed by atoms with Crippen LogP contribution < -0.4 is 0 Å². The van der Waals surface area contributed by atoms with E-state index in [2.05, 4.69) is 4.98 Å². The average Bonchev–Trinajstić information content (AvgIpc) is 2.61. The smallest absolute Gasteiger partial charge is 0.224 e. The van der Waals surface area contributed by atoms with Crippen LogP contribution in [0.4, 0.5) is 13.2 Å². The summed E-state index contributed by atoms with van der Waals surface area (Å²) in [5, 5.41) is 0. The third-order valence-electron chi connectivity index (χ3n) is 2.18. The minimum Gasteiger partial charge on any atom is -0.224 e. The van der Waals surface area contributed by atoms with Crippen molar-refractivity contribution in [2.24, 2.45) is 0 Å². The van der Waals surface area contributed by atoms with Crippen LogP contribution in [0.1, 0.15) is 10.4 Å². The molecule has 0 radical (unpaired) electrons. The highest BCUT2D eigenvalue weighted by Crippen LogP contribution is 2.42. The standard InChI is InChI=1S/C11H7ClF3NS/c1-6-2-4-7(5-3-6)8-9(11(13,14)15)17-10(12)16-8/h2-5H,1H3. The average molecular weight is 278 g/mol. The highest BCUT2D eigenvalue weighted by Gasteiger charge is 2.37. The first-order chi connectivity index (χ1) is 7.88. The molecular formula is C11H7ClF3NS. The molecule has 90 valence electrons. The van der Waals surface area contributed by atoms with E-state index in [0.717, 1.165) is 5.56 Å². The Hall–Kier alpha value is -1.07. The molecule has 1 aromatic heterocycles. The summed E-state index contributed by atoms with van der Waals surface area (Å²) in [6, 6.07) is 6.69. The van der Waals surface area contributed by atoms with E-state index in [9.17, 15) is 13.2 Å². The van der Waals surface area contributed by atoms with E-state index in [4.69, 9.17) is 11.6 Å². The Labute approximate surface area is 105 Å². The van der Waals surface area contributed by atoms with Gasteiger partial charge in [0.25, 0.3) is 0 Å². The molecule has 1 aromatic carbocycles. The number of nitrogens with zero attached hydrogens (tertiary/aromatic N) is 1. The monoisotopic (exact) mass is 277 g/mol. The van der Waals surface area contributed by atoms with E-state index >= 15 is 0 Å². The normalized spacial score (nSPS) is 11.8. The van der Waals surface area contributed by atoms with E-state index in [1.807, 2.05) is 6.92 Å². The molecule has 0 saturated carbocycles. The summed E-state index contributed by atoms with van der Waals surface area (Å²) in [5.74, 6) is 0. The molecule has 0 amide bonds. The van der Waals surface area contributed by atoms with Crippen molar-refractivity contribution < 1.29 is 13.2 Å². The summed E-state index contributed by atoms with van der Waals surface area (Å²) in [6.45, 7) is 1.86. The van der Waals surface area contributed by atoms with E-state index < -0.39 is 11.1 Å². The molecule has 0 spiro atoms. The summed E-state index contributed by atoms with van der Waals surface area (Å²) < 4.78 is 38.1. The molecule has 0 atom stereocenters. The molecule has 1 nitrogen and oxygen atoms in total. The van der Waals surface area contributed by atoms with Gasteiger partial charge in [-0.15, -0.1) is 0 Å². The number of rotatable bonds is 1. The minimum absolute atomic E-state index is 0.104. The SMILES string of the molecule is Cc1ccc(-c2nc(Cl)sc2C(F)(F)F)cc1. The van der Waals surface area contributed by atoms with E-state index in [1.165, 1.54) is 0 Å². The second kappa shape index (κ2) is 4.31. The quantitative estimate of drug-likeness (QED) is 0.730. The fourth-order valence-electron chi connectivity index (χ4n) is 1.39. The fraction of sp³-hybridized carbons (Fsp3) is 0.182. The second-order valence-electron chi connectivity index (χ2n) is 3.51. The fourth-order valence-corrected chi connectivity index (χ4v) is 2.39. The Balaban J connectivity index is 2.55. The van der Waals surface area contributed by atoms with Crippen molar-refractivity contribution in [2.75, 3.05) is 0 Å². The summed E-state index contributed by atoms with van der Waals surface area (Å²) in [4.78, 5) is 2.98. The molecule has 0 fully saturated rings. The highest BCUT2D eigenvalue weighted by molar-refractivity contribution is 7.16. The molecular weight excluding hydrogens is 271 g/mol. The maximum Gasteiger partial charge on any atom is 0.427 e. The van der Waals surface area contributed by atoms with Crippen molar-refractivity contribution >= 4 is 22.9 Å². The van der Waals surface area contributed by atoms with Crippen LogP contribution in [0.15, 0.2) is 24.3 Å². The molecule has 0 saturated heterocycles. The zero-order valence-electron chi connectivity index (χ0n) is 8.68. The maximum absolute atomic E-state index is 12.7. The molecule has 0 aliphatic heterocycles. The first-order valence-electron chi connectivity index (χ1n) is 4.68. The number of aromatic nitrogens is 1. The Kier molecular flexibility index (Phi) is 3.14. The van der Waals surface area contributed by atoms with Gasteiger partial charge in [-0.1, -0.05) is 52.8 Å². The number of thiazole rings is 1. The Morgan fingerprint density at radius 2 is 1.76 bits per heavy atom. The van der Waals surface area contributed by atoms with Gasteiger partial charge in [0.05, 0.1) is 5.69 Å².